The number of ether oxygens (including phenoxy) is 1. The fourth-order valence-corrected chi connectivity index (χ4v) is 3.93. The van der Waals surface area contributed by atoms with Gasteiger partial charge in [0, 0.05) is 25.0 Å². The smallest absolute Gasteiger partial charge is 0.267 e. The molecule has 3 aromatic rings. The van der Waals surface area contributed by atoms with Crippen molar-refractivity contribution in [3.63, 3.8) is 0 Å². The molecule has 2 amide bonds. The first-order valence-corrected chi connectivity index (χ1v) is 9.34. The van der Waals surface area contributed by atoms with E-state index in [1.165, 1.54) is 4.90 Å². The Morgan fingerprint density at radius 3 is 2.66 bits per heavy atom. The SMILES string of the molecule is C[C@H]1Oc2nc(N3C(=O)c4ccccc4C3c3cccnc3)ccc2N(C)C1=O. The number of carbonyl (C=O) groups excluding carboxylic acids is 2. The molecule has 0 fully saturated rings. The predicted molar refractivity (Wildman–Crippen MR) is 107 cm³/mol. The lowest BCUT2D eigenvalue weighted by molar-refractivity contribution is -0.125. The van der Waals surface area contributed by atoms with Gasteiger partial charge in [0.1, 0.15) is 11.5 Å². The maximum Gasteiger partial charge on any atom is 0.267 e. The number of nitrogens with zero attached hydrogens (tertiary/aromatic N) is 4. The van der Waals surface area contributed by atoms with E-state index in [0.717, 1.165) is 11.1 Å². The summed E-state index contributed by atoms with van der Waals surface area (Å²) in [5, 5.41) is 0. The van der Waals surface area contributed by atoms with Crippen LogP contribution in [0.3, 0.4) is 0 Å². The lowest BCUT2D eigenvalue weighted by atomic mass is 9.99. The lowest BCUT2D eigenvalue weighted by Crippen LogP contribution is -2.42. The summed E-state index contributed by atoms with van der Waals surface area (Å²) in [6.07, 6.45) is 2.84. The van der Waals surface area contributed by atoms with E-state index in [4.69, 9.17) is 4.74 Å². The molecular weight excluding hydrogens is 368 g/mol. The summed E-state index contributed by atoms with van der Waals surface area (Å²) in [6, 6.07) is 14.5. The largest absolute Gasteiger partial charge is 0.463 e. The number of rotatable bonds is 2. The van der Waals surface area contributed by atoms with Gasteiger partial charge in [-0.05, 0) is 42.3 Å². The Kier molecular flexibility index (Phi) is 3.84. The highest BCUT2D eigenvalue weighted by Gasteiger charge is 2.40. The lowest BCUT2D eigenvalue weighted by Gasteiger charge is -2.31. The van der Waals surface area contributed by atoms with Crippen LogP contribution in [0.5, 0.6) is 5.88 Å². The molecule has 0 N–H and O–H groups in total. The number of fused-ring (bicyclic) bond motifs is 2. The molecule has 2 aliphatic heterocycles. The third kappa shape index (κ3) is 2.58. The molecule has 0 aliphatic carbocycles. The number of hydrogen-bond donors (Lipinski definition) is 0. The van der Waals surface area contributed by atoms with E-state index in [2.05, 4.69) is 9.97 Å². The molecule has 0 saturated heterocycles. The highest BCUT2D eigenvalue weighted by molar-refractivity contribution is 6.11. The maximum absolute atomic E-state index is 13.3. The number of hydrogen-bond acceptors (Lipinski definition) is 5. The van der Waals surface area contributed by atoms with Gasteiger partial charge in [0.2, 0.25) is 5.88 Å². The second-order valence-electron chi connectivity index (χ2n) is 7.10. The Morgan fingerprint density at radius 2 is 1.86 bits per heavy atom. The van der Waals surface area contributed by atoms with E-state index in [0.29, 0.717) is 22.9 Å². The van der Waals surface area contributed by atoms with E-state index < -0.39 is 6.10 Å². The molecule has 2 aromatic heterocycles. The Labute approximate surface area is 167 Å². The summed E-state index contributed by atoms with van der Waals surface area (Å²) >= 11 is 0. The first-order chi connectivity index (χ1) is 14.1. The van der Waals surface area contributed by atoms with Gasteiger partial charge in [-0.1, -0.05) is 24.3 Å². The zero-order chi connectivity index (χ0) is 20.1. The minimum absolute atomic E-state index is 0.129. The number of carbonyl (C=O) groups is 2. The van der Waals surface area contributed by atoms with Crippen molar-refractivity contribution in [1.82, 2.24) is 9.97 Å². The molecule has 2 aliphatic rings. The number of amides is 2. The molecule has 7 heteroatoms. The van der Waals surface area contributed by atoms with Gasteiger partial charge in [-0.2, -0.15) is 4.98 Å². The minimum Gasteiger partial charge on any atom is -0.463 e. The molecule has 29 heavy (non-hydrogen) atoms. The van der Waals surface area contributed by atoms with Crippen LogP contribution >= 0.6 is 0 Å². The van der Waals surface area contributed by atoms with Crippen molar-refractivity contribution in [3.8, 4) is 5.88 Å². The monoisotopic (exact) mass is 386 g/mol. The predicted octanol–water partition coefficient (Wildman–Crippen LogP) is 2.97. The number of pyridine rings is 2. The van der Waals surface area contributed by atoms with Crippen LogP contribution in [-0.2, 0) is 4.79 Å². The van der Waals surface area contributed by atoms with Crippen molar-refractivity contribution in [2.75, 3.05) is 16.8 Å². The third-order valence-electron chi connectivity index (χ3n) is 5.36. The number of likely N-dealkylation sites (N-methyl/N-ethyl adjacent to an activating group) is 1. The molecule has 0 saturated carbocycles. The molecule has 7 nitrogen and oxygen atoms in total. The van der Waals surface area contributed by atoms with Crippen molar-refractivity contribution in [2.24, 2.45) is 0 Å². The molecule has 2 atom stereocenters. The van der Waals surface area contributed by atoms with Crippen LogP contribution in [0.4, 0.5) is 11.5 Å². The van der Waals surface area contributed by atoms with E-state index in [-0.39, 0.29) is 17.9 Å². The molecule has 4 heterocycles. The Hall–Kier alpha value is -3.74. The van der Waals surface area contributed by atoms with Gasteiger partial charge >= 0.3 is 0 Å². The first-order valence-electron chi connectivity index (χ1n) is 9.34. The minimum atomic E-state index is -0.629. The third-order valence-corrected chi connectivity index (χ3v) is 5.36. The summed E-state index contributed by atoms with van der Waals surface area (Å²) in [7, 11) is 1.69. The van der Waals surface area contributed by atoms with Crippen molar-refractivity contribution in [3.05, 3.63) is 77.6 Å². The van der Waals surface area contributed by atoms with Crippen LogP contribution in [0, 0.1) is 0 Å². The van der Waals surface area contributed by atoms with E-state index in [1.54, 1.807) is 43.4 Å². The highest BCUT2D eigenvalue weighted by atomic mass is 16.5. The molecule has 144 valence electrons. The highest BCUT2D eigenvalue weighted by Crippen LogP contribution is 2.42. The van der Waals surface area contributed by atoms with Gasteiger partial charge in [0.05, 0.1) is 6.04 Å². The summed E-state index contributed by atoms with van der Waals surface area (Å²) in [5.74, 6) is 0.541. The van der Waals surface area contributed by atoms with Crippen LogP contribution in [0.2, 0.25) is 0 Å². The Balaban J connectivity index is 1.64. The van der Waals surface area contributed by atoms with Crippen LogP contribution in [0.15, 0.2) is 60.9 Å². The Bertz CT molecular complexity index is 1130. The molecule has 5 rings (SSSR count). The van der Waals surface area contributed by atoms with Gasteiger partial charge in [-0.3, -0.25) is 19.5 Å². The van der Waals surface area contributed by atoms with Gasteiger partial charge in [0.25, 0.3) is 11.8 Å². The van der Waals surface area contributed by atoms with Crippen LogP contribution in [0.25, 0.3) is 0 Å². The summed E-state index contributed by atoms with van der Waals surface area (Å²) < 4.78 is 5.72. The van der Waals surface area contributed by atoms with E-state index >= 15 is 0 Å². The van der Waals surface area contributed by atoms with Crippen molar-refractivity contribution in [1.29, 1.82) is 0 Å². The summed E-state index contributed by atoms with van der Waals surface area (Å²) in [4.78, 5) is 37.5. The van der Waals surface area contributed by atoms with Crippen LogP contribution in [-0.4, -0.2) is 34.9 Å². The number of anilines is 2. The van der Waals surface area contributed by atoms with Gasteiger partial charge in [0.15, 0.2) is 6.10 Å². The number of aromatic nitrogens is 2. The van der Waals surface area contributed by atoms with Crippen molar-refractivity contribution in [2.45, 2.75) is 19.1 Å². The zero-order valence-corrected chi connectivity index (χ0v) is 15.9. The number of benzene rings is 1. The van der Waals surface area contributed by atoms with Gasteiger partial charge < -0.3 is 9.64 Å². The average Bonchev–Trinajstić information content (AvgIpc) is 3.05. The topological polar surface area (TPSA) is 75.6 Å². The fourth-order valence-electron chi connectivity index (χ4n) is 3.93. The standard InChI is InChI=1S/C22H18N4O3/c1-13-21(27)25(2)17-9-10-18(24-20(17)29-13)26-19(14-6-5-11-23-12-14)15-7-3-4-8-16(15)22(26)28/h3-13,19H,1-2H3/t13-,19?/m1/s1. The first kappa shape index (κ1) is 17.4. The zero-order valence-electron chi connectivity index (χ0n) is 15.9. The molecule has 0 spiro atoms. The van der Waals surface area contributed by atoms with Crippen molar-refractivity contribution >= 4 is 23.3 Å². The molecule has 1 aromatic carbocycles. The van der Waals surface area contributed by atoms with Gasteiger partial charge in [-0.25, -0.2) is 0 Å². The average molecular weight is 386 g/mol. The van der Waals surface area contributed by atoms with Crippen LogP contribution < -0.4 is 14.5 Å². The van der Waals surface area contributed by atoms with E-state index in [1.807, 2.05) is 36.4 Å². The molecule has 0 radical (unpaired) electrons. The quantitative estimate of drug-likeness (QED) is 0.677. The normalized spacial score (nSPS) is 20.3. The fraction of sp³-hybridized carbons (Fsp3) is 0.182. The van der Waals surface area contributed by atoms with Crippen molar-refractivity contribution < 1.29 is 14.3 Å². The summed E-state index contributed by atoms with van der Waals surface area (Å²) in [5.41, 5.74) is 3.03. The van der Waals surface area contributed by atoms with Gasteiger partial charge in [-0.15, -0.1) is 0 Å². The van der Waals surface area contributed by atoms with Crippen LogP contribution in [0.1, 0.15) is 34.5 Å². The second-order valence-corrected chi connectivity index (χ2v) is 7.10. The summed E-state index contributed by atoms with van der Waals surface area (Å²) in [6.45, 7) is 1.69. The maximum atomic E-state index is 13.3. The Morgan fingerprint density at radius 1 is 1.03 bits per heavy atom. The molecular formula is C22H18N4O3. The second kappa shape index (κ2) is 6.41. The molecule has 0 bridgehead atoms. The molecule has 1 unspecified atom stereocenters. The van der Waals surface area contributed by atoms with E-state index in [9.17, 15) is 9.59 Å².